The summed E-state index contributed by atoms with van der Waals surface area (Å²) < 4.78 is 18.7. The molecule has 2 heterocycles. The van der Waals surface area contributed by atoms with Gasteiger partial charge in [0.15, 0.2) is 11.5 Å². The maximum Gasteiger partial charge on any atom is 0.294 e. The second-order valence-electron chi connectivity index (χ2n) is 7.42. The van der Waals surface area contributed by atoms with Crippen molar-refractivity contribution >= 4 is 17.4 Å². The number of aromatic nitrogens is 1. The van der Waals surface area contributed by atoms with Gasteiger partial charge in [-0.1, -0.05) is 19.9 Å². The second kappa shape index (κ2) is 8.03. The van der Waals surface area contributed by atoms with Crippen LogP contribution in [0.25, 0.3) is 0 Å². The Labute approximate surface area is 168 Å². The first-order valence-corrected chi connectivity index (χ1v) is 9.30. The van der Waals surface area contributed by atoms with Crippen LogP contribution in [0.3, 0.4) is 0 Å². The number of carbonyl (C=O) groups excluding carboxylic acids is 2. The summed E-state index contributed by atoms with van der Waals surface area (Å²) in [4.78, 5) is 31.3. The highest BCUT2D eigenvalue weighted by Crippen LogP contribution is 2.42. The van der Waals surface area contributed by atoms with E-state index in [-0.39, 0.29) is 23.7 Å². The van der Waals surface area contributed by atoms with Crippen LogP contribution >= 0.6 is 0 Å². The molecule has 1 aromatic carbocycles. The van der Waals surface area contributed by atoms with Gasteiger partial charge in [0, 0.05) is 12.5 Å². The molecule has 1 amide bonds. The largest absolute Gasteiger partial charge is 0.503 e. The van der Waals surface area contributed by atoms with E-state index in [0.717, 1.165) is 0 Å². The predicted octanol–water partition coefficient (Wildman–Crippen LogP) is 4.05. The van der Waals surface area contributed by atoms with Gasteiger partial charge in [-0.25, -0.2) is 9.37 Å². The van der Waals surface area contributed by atoms with Gasteiger partial charge in [0.2, 0.25) is 5.88 Å². The molecule has 0 saturated heterocycles. The SMILES string of the molecule is COc1ccc(N2C(=O)C(O)=C(C(=O)CC(C)C)C2c2ccc(F)cc2C)cn1. The maximum absolute atomic E-state index is 13.7. The number of aryl methyl sites for hydroxylation is 1. The van der Waals surface area contributed by atoms with Crippen LogP contribution in [-0.4, -0.2) is 28.9 Å². The number of amides is 1. The highest BCUT2D eigenvalue weighted by atomic mass is 19.1. The summed E-state index contributed by atoms with van der Waals surface area (Å²) in [6, 6.07) is 6.49. The van der Waals surface area contributed by atoms with Crippen molar-refractivity contribution in [3.8, 4) is 5.88 Å². The highest BCUT2D eigenvalue weighted by molar-refractivity contribution is 6.16. The molecule has 2 aromatic rings. The highest BCUT2D eigenvalue weighted by Gasteiger charge is 2.44. The van der Waals surface area contributed by atoms with Gasteiger partial charge in [-0.05, 0) is 42.2 Å². The van der Waals surface area contributed by atoms with E-state index in [1.54, 1.807) is 19.1 Å². The molecule has 6 nitrogen and oxygen atoms in total. The number of nitrogens with zero attached hydrogens (tertiary/aromatic N) is 2. The van der Waals surface area contributed by atoms with Crippen LogP contribution in [0.2, 0.25) is 0 Å². The number of aliphatic hydroxyl groups excluding tert-OH is 1. The molecule has 1 aliphatic rings. The fourth-order valence-corrected chi connectivity index (χ4v) is 3.51. The van der Waals surface area contributed by atoms with Gasteiger partial charge in [-0.3, -0.25) is 14.5 Å². The Kier molecular flexibility index (Phi) is 5.68. The van der Waals surface area contributed by atoms with Crippen molar-refractivity contribution in [3.63, 3.8) is 0 Å². The number of methoxy groups -OCH3 is 1. The number of rotatable bonds is 6. The Balaban J connectivity index is 2.16. The van der Waals surface area contributed by atoms with Crippen LogP contribution < -0.4 is 9.64 Å². The third-order valence-corrected chi connectivity index (χ3v) is 4.84. The lowest BCUT2D eigenvalue weighted by Gasteiger charge is -2.28. The van der Waals surface area contributed by atoms with Crippen molar-refractivity contribution in [2.45, 2.75) is 33.2 Å². The Hall–Kier alpha value is -3.22. The number of halogens is 1. The fourth-order valence-electron chi connectivity index (χ4n) is 3.51. The number of ketones is 1. The van der Waals surface area contributed by atoms with E-state index in [1.807, 2.05) is 13.8 Å². The van der Waals surface area contributed by atoms with Crippen molar-refractivity contribution < 1.29 is 23.8 Å². The minimum Gasteiger partial charge on any atom is -0.503 e. The van der Waals surface area contributed by atoms with Gasteiger partial charge in [0.05, 0.1) is 30.6 Å². The Morgan fingerprint density at radius 3 is 2.59 bits per heavy atom. The summed E-state index contributed by atoms with van der Waals surface area (Å²) >= 11 is 0. The van der Waals surface area contributed by atoms with Gasteiger partial charge in [0.25, 0.3) is 5.91 Å². The first kappa shape index (κ1) is 20.5. The zero-order valence-electron chi connectivity index (χ0n) is 16.8. The van der Waals surface area contributed by atoms with E-state index in [2.05, 4.69) is 4.98 Å². The number of pyridine rings is 1. The lowest BCUT2D eigenvalue weighted by molar-refractivity contribution is -0.118. The summed E-state index contributed by atoms with van der Waals surface area (Å²) in [6.45, 7) is 5.47. The number of benzene rings is 1. The van der Waals surface area contributed by atoms with Crippen LogP contribution in [0.1, 0.15) is 37.4 Å². The van der Waals surface area contributed by atoms with Crippen molar-refractivity contribution in [1.29, 1.82) is 0 Å². The van der Waals surface area contributed by atoms with E-state index >= 15 is 0 Å². The zero-order valence-corrected chi connectivity index (χ0v) is 16.8. The summed E-state index contributed by atoms with van der Waals surface area (Å²) in [5.41, 5.74) is 1.54. The van der Waals surface area contributed by atoms with E-state index in [4.69, 9.17) is 4.74 Å². The fraction of sp³-hybridized carbons (Fsp3) is 0.318. The first-order chi connectivity index (χ1) is 13.7. The zero-order chi connectivity index (χ0) is 21.3. The molecule has 0 bridgehead atoms. The van der Waals surface area contributed by atoms with Gasteiger partial charge < -0.3 is 9.84 Å². The average molecular weight is 398 g/mol. The quantitative estimate of drug-likeness (QED) is 0.794. The monoisotopic (exact) mass is 398 g/mol. The van der Waals surface area contributed by atoms with Gasteiger partial charge in [-0.2, -0.15) is 0 Å². The smallest absolute Gasteiger partial charge is 0.294 e. The Morgan fingerprint density at radius 1 is 1.31 bits per heavy atom. The van der Waals surface area contributed by atoms with E-state index < -0.39 is 23.5 Å². The first-order valence-electron chi connectivity index (χ1n) is 9.30. The van der Waals surface area contributed by atoms with E-state index in [1.165, 1.54) is 36.4 Å². The third-order valence-electron chi connectivity index (χ3n) is 4.84. The van der Waals surface area contributed by atoms with Crippen LogP contribution in [0.5, 0.6) is 5.88 Å². The minimum absolute atomic E-state index is 0.0224. The predicted molar refractivity (Wildman–Crippen MR) is 106 cm³/mol. The molecule has 3 rings (SSSR count). The third kappa shape index (κ3) is 3.85. The molecule has 29 heavy (non-hydrogen) atoms. The number of anilines is 1. The van der Waals surface area contributed by atoms with Crippen molar-refractivity contribution in [2.75, 3.05) is 12.0 Å². The molecular formula is C22H23FN2O4. The van der Waals surface area contributed by atoms with Crippen molar-refractivity contribution in [2.24, 2.45) is 5.92 Å². The van der Waals surface area contributed by atoms with E-state index in [0.29, 0.717) is 22.7 Å². The molecule has 1 unspecified atom stereocenters. The molecule has 7 heteroatoms. The number of carbonyl (C=O) groups is 2. The molecule has 1 aliphatic heterocycles. The number of ether oxygens (including phenoxy) is 1. The summed E-state index contributed by atoms with van der Waals surface area (Å²) in [7, 11) is 1.48. The minimum atomic E-state index is -0.871. The molecule has 0 radical (unpaired) electrons. The molecule has 1 N–H and O–H groups in total. The van der Waals surface area contributed by atoms with E-state index in [9.17, 15) is 19.1 Å². The number of hydrogen-bond acceptors (Lipinski definition) is 5. The van der Waals surface area contributed by atoms with Crippen LogP contribution in [0.15, 0.2) is 47.9 Å². The molecule has 0 aliphatic carbocycles. The summed E-state index contributed by atoms with van der Waals surface area (Å²) in [6.07, 6.45) is 1.61. The average Bonchev–Trinajstić information content (AvgIpc) is 2.92. The molecule has 0 saturated carbocycles. The van der Waals surface area contributed by atoms with Crippen LogP contribution in [-0.2, 0) is 9.59 Å². The van der Waals surface area contributed by atoms with Crippen molar-refractivity contribution in [1.82, 2.24) is 4.98 Å². The van der Waals surface area contributed by atoms with Crippen molar-refractivity contribution in [3.05, 3.63) is 64.8 Å². The molecular weight excluding hydrogens is 375 g/mol. The lowest BCUT2D eigenvalue weighted by Crippen LogP contribution is -2.31. The molecule has 0 fully saturated rings. The number of hydrogen-bond donors (Lipinski definition) is 1. The van der Waals surface area contributed by atoms with Gasteiger partial charge >= 0.3 is 0 Å². The Morgan fingerprint density at radius 2 is 2.03 bits per heavy atom. The normalized spacial score (nSPS) is 16.7. The standard InChI is InChI=1S/C22H23FN2O4/c1-12(2)9-17(26)19-20(16-7-5-14(23)10-13(16)3)25(22(28)21(19)27)15-6-8-18(29-4)24-11-15/h5-8,10-12,20,27H,9H2,1-4H3. The summed E-state index contributed by atoms with van der Waals surface area (Å²) in [5, 5.41) is 10.6. The second-order valence-corrected chi connectivity index (χ2v) is 7.42. The lowest BCUT2D eigenvalue weighted by atomic mass is 9.90. The Bertz CT molecular complexity index is 983. The molecule has 1 atom stereocenters. The topological polar surface area (TPSA) is 79.7 Å². The maximum atomic E-state index is 13.7. The number of Topliss-reactive ketones (excluding diaryl/α,β-unsaturated/α-hetero) is 1. The molecule has 152 valence electrons. The van der Waals surface area contributed by atoms with Crippen LogP contribution in [0.4, 0.5) is 10.1 Å². The molecule has 0 spiro atoms. The van der Waals surface area contributed by atoms with Gasteiger partial charge in [-0.15, -0.1) is 0 Å². The van der Waals surface area contributed by atoms with Crippen LogP contribution in [0, 0.1) is 18.7 Å². The summed E-state index contributed by atoms with van der Waals surface area (Å²) in [5.74, 6) is -1.61. The number of aliphatic hydroxyl groups is 1. The molecule has 1 aromatic heterocycles. The van der Waals surface area contributed by atoms with Gasteiger partial charge in [0.1, 0.15) is 5.82 Å².